The van der Waals surface area contributed by atoms with Crippen LogP contribution in [0.2, 0.25) is 0 Å². The number of esters is 1. The summed E-state index contributed by atoms with van der Waals surface area (Å²) in [5.74, 6) is 1.40. The summed E-state index contributed by atoms with van der Waals surface area (Å²) in [4.78, 5) is 49.5. The molecule has 4 aliphatic carbocycles. The summed E-state index contributed by atoms with van der Waals surface area (Å²) in [6.07, 6.45) is 10.1. The first-order chi connectivity index (χ1) is 17.4. The highest BCUT2D eigenvalue weighted by Gasteiger charge is 2.62. The number of Topliss-reactive ketones (excluding diaryl/α,β-unsaturated/α-hetero) is 2. The summed E-state index contributed by atoms with van der Waals surface area (Å²) >= 11 is 0. The van der Waals surface area contributed by atoms with Gasteiger partial charge in [0.15, 0.2) is 0 Å². The number of hydrogen-bond donors (Lipinski definition) is 1. The number of rotatable bonds is 8. The molecule has 7 unspecified atom stereocenters. The summed E-state index contributed by atoms with van der Waals surface area (Å²) < 4.78 is 5.57. The van der Waals surface area contributed by atoms with Gasteiger partial charge in [-0.1, -0.05) is 39.3 Å². The Morgan fingerprint density at radius 2 is 1.81 bits per heavy atom. The van der Waals surface area contributed by atoms with Gasteiger partial charge in [0.05, 0.1) is 0 Å². The zero-order valence-corrected chi connectivity index (χ0v) is 23.7. The molecule has 0 aromatic heterocycles. The number of fused-ring (bicyclic) bond motifs is 5. The van der Waals surface area contributed by atoms with Crippen molar-refractivity contribution in [3.8, 4) is 0 Å². The molecule has 1 N–H and O–H groups in total. The summed E-state index contributed by atoms with van der Waals surface area (Å²) in [5, 5.41) is 2.83. The fourth-order valence-electron chi connectivity index (χ4n) is 8.86. The maximum absolute atomic E-state index is 13.5. The first-order valence-electron chi connectivity index (χ1n) is 14.5. The zero-order chi connectivity index (χ0) is 27.1. The van der Waals surface area contributed by atoms with Gasteiger partial charge in [-0.25, -0.2) is 0 Å². The van der Waals surface area contributed by atoms with Crippen molar-refractivity contribution in [3.05, 3.63) is 11.6 Å². The van der Waals surface area contributed by atoms with Crippen molar-refractivity contribution in [2.45, 2.75) is 105 Å². The lowest BCUT2D eigenvalue weighted by Gasteiger charge is -2.58. The van der Waals surface area contributed by atoms with Crippen LogP contribution in [0.15, 0.2) is 11.6 Å². The van der Waals surface area contributed by atoms with Crippen molar-refractivity contribution in [1.82, 2.24) is 5.32 Å². The lowest BCUT2D eigenvalue weighted by molar-refractivity contribution is -0.148. The molecule has 0 spiro atoms. The van der Waals surface area contributed by atoms with Crippen LogP contribution >= 0.6 is 0 Å². The van der Waals surface area contributed by atoms with E-state index in [4.69, 9.17) is 4.74 Å². The van der Waals surface area contributed by atoms with E-state index in [0.717, 1.165) is 44.9 Å². The van der Waals surface area contributed by atoms with Crippen LogP contribution < -0.4 is 5.32 Å². The summed E-state index contributed by atoms with van der Waals surface area (Å²) in [6.45, 7) is 12.3. The van der Waals surface area contributed by atoms with Gasteiger partial charge >= 0.3 is 5.97 Å². The second-order valence-corrected chi connectivity index (χ2v) is 13.3. The number of ketones is 2. The molecule has 206 valence electrons. The summed E-state index contributed by atoms with van der Waals surface area (Å²) in [5.41, 5.74) is 1.45. The van der Waals surface area contributed by atoms with Gasteiger partial charge in [0.2, 0.25) is 5.91 Å². The van der Waals surface area contributed by atoms with Crippen LogP contribution in [0.3, 0.4) is 0 Å². The lowest BCUT2D eigenvalue weighted by atomic mass is 9.47. The Kier molecular flexibility index (Phi) is 8.07. The van der Waals surface area contributed by atoms with E-state index in [-0.39, 0.29) is 52.3 Å². The SMILES string of the molecule is CC(=O)NCC(C)CCC(=O)C(C)C1C(=O)CC2C3CC=C4CC(OC(C)=O)CC[C@]4(C)C3CC[C@@]21C. The van der Waals surface area contributed by atoms with Gasteiger partial charge < -0.3 is 10.1 Å². The molecule has 0 saturated heterocycles. The minimum Gasteiger partial charge on any atom is -0.462 e. The van der Waals surface area contributed by atoms with Gasteiger partial charge in [0, 0.05) is 51.5 Å². The number of amides is 1. The maximum atomic E-state index is 13.5. The van der Waals surface area contributed by atoms with E-state index >= 15 is 0 Å². The van der Waals surface area contributed by atoms with Gasteiger partial charge in [-0.15, -0.1) is 0 Å². The Balaban J connectivity index is 1.45. The van der Waals surface area contributed by atoms with Crippen molar-refractivity contribution in [3.63, 3.8) is 0 Å². The van der Waals surface area contributed by atoms with E-state index in [9.17, 15) is 19.2 Å². The largest absolute Gasteiger partial charge is 0.462 e. The lowest BCUT2D eigenvalue weighted by Crippen LogP contribution is -2.51. The molecular formula is C31H47NO5. The predicted molar refractivity (Wildman–Crippen MR) is 142 cm³/mol. The maximum Gasteiger partial charge on any atom is 0.302 e. The third-order valence-corrected chi connectivity index (χ3v) is 10.9. The number of allylic oxidation sites excluding steroid dienone is 1. The molecular weight excluding hydrogens is 466 g/mol. The van der Waals surface area contributed by atoms with Gasteiger partial charge in [0.1, 0.15) is 17.7 Å². The number of carbonyl (C=O) groups is 4. The molecule has 0 bridgehead atoms. The Bertz CT molecular complexity index is 971. The van der Waals surface area contributed by atoms with Gasteiger partial charge in [-0.2, -0.15) is 0 Å². The van der Waals surface area contributed by atoms with Crippen LogP contribution in [-0.2, 0) is 23.9 Å². The molecule has 3 fully saturated rings. The van der Waals surface area contributed by atoms with Gasteiger partial charge in [0.25, 0.3) is 0 Å². The molecule has 1 amide bonds. The van der Waals surface area contributed by atoms with Gasteiger partial charge in [-0.05, 0) is 73.0 Å². The van der Waals surface area contributed by atoms with E-state index in [2.05, 4.69) is 32.2 Å². The smallest absolute Gasteiger partial charge is 0.302 e. The van der Waals surface area contributed by atoms with Crippen molar-refractivity contribution in [2.75, 3.05) is 6.54 Å². The normalized spacial score (nSPS) is 38.4. The van der Waals surface area contributed by atoms with Crippen LogP contribution in [0.1, 0.15) is 99.3 Å². The molecule has 0 heterocycles. The van der Waals surface area contributed by atoms with Crippen LogP contribution in [0.4, 0.5) is 0 Å². The molecule has 0 aromatic carbocycles. The van der Waals surface area contributed by atoms with Gasteiger partial charge in [-0.3, -0.25) is 19.2 Å². The number of nitrogens with one attached hydrogen (secondary N) is 1. The molecule has 6 nitrogen and oxygen atoms in total. The van der Waals surface area contributed by atoms with E-state index in [0.29, 0.717) is 42.9 Å². The molecule has 6 heteroatoms. The molecule has 0 radical (unpaired) electrons. The van der Waals surface area contributed by atoms with Crippen LogP contribution in [0.25, 0.3) is 0 Å². The van der Waals surface area contributed by atoms with Crippen molar-refractivity contribution in [2.24, 2.45) is 46.3 Å². The highest BCUT2D eigenvalue weighted by molar-refractivity contribution is 5.92. The average molecular weight is 514 g/mol. The Hall–Kier alpha value is -1.98. The number of hydrogen-bond acceptors (Lipinski definition) is 5. The average Bonchev–Trinajstić information content (AvgIpc) is 3.10. The van der Waals surface area contributed by atoms with E-state index in [1.165, 1.54) is 19.4 Å². The summed E-state index contributed by atoms with van der Waals surface area (Å²) in [7, 11) is 0. The van der Waals surface area contributed by atoms with Crippen molar-refractivity contribution in [1.29, 1.82) is 0 Å². The molecule has 0 aromatic rings. The Morgan fingerprint density at radius 1 is 1.08 bits per heavy atom. The molecule has 9 atom stereocenters. The number of carbonyl (C=O) groups excluding carboxylic acids is 4. The zero-order valence-electron chi connectivity index (χ0n) is 23.7. The molecule has 4 rings (SSSR count). The summed E-state index contributed by atoms with van der Waals surface area (Å²) in [6, 6.07) is 0. The molecule has 0 aliphatic heterocycles. The number of ether oxygens (including phenoxy) is 1. The van der Waals surface area contributed by atoms with E-state index < -0.39 is 0 Å². The van der Waals surface area contributed by atoms with Crippen LogP contribution in [0.5, 0.6) is 0 Å². The van der Waals surface area contributed by atoms with E-state index in [1.54, 1.807) is 0 Å². The van der Waals surface area contributed by atoms with E-state index in [1.807, 2.05) is 6.92 Å². The van der Waals surface area contributed by atoms with Crippen molar-refractivity contribution < 1.29 is 23.9 Å². The quantitative estimate of drug-likeness (QED) is 0.345. The molecule has 4 aliphatic rings. The fraction of sp³-hybridized carbons (Fsp3) is 0.806. The molecule has 37 heavy (non-hydrogen) atoms. The van der Waals surface area contributed by atoms with Crippen LogP contribution in [-0.4, -0.2) is 36.1 Å². The standard InChI is InChI=1S/C31H47NO5/c1-18(17-32-20(3)33)7-10-27(35)19(2)29-28(36)16-26-24-9-8-22-15-23(37-21(4)34)11-13-30(22,5)25(24)12-14-31(26,29)6/h8,18-19,23-26,29H,7,9-17H2,1-6H3,(H,32,33)/t18?,19?,23?,24?,25?,26?,29?,30-,31-/m0/s1. The molecule has 3 saturated carbocycles. The minimum absolute atomic E-state index is 0.00695. The Morgan fingerprint density at radius 3 is 2.49 bits per heavy atom. The second kappa shape index (κ2) is 10.6. The first-order valence-corrected chi connectivity index (χ1v) is 14.5. The minimum atomic E-state index is -0.253. The Labute approximate surface area is 222 Å². The third-order valence-electron chi connectivity index (χ3n) is 10.9. The highest BCUT2D eigenvalue weighted by Crippen LogP contribution is 2.66. The predicted octanol–water partition coefficient (Wildman–Crippen LogP) is 5.43. The van der Waals surface area contributed by atoms with Crippen molar-refractivity contribution >= 4 is 23.4 Å². The first kappa shape index (κ1) is 28.0. The second-order valence-electron chi connectivity index (χ2n) is 13.3. The topological polar surface area (TPSA) is 89.5 Å². The van der Waals surface area contributed by atoms with Crippen LogP contribution in [0, 0.1) is 46.3 Å². The third kappa shape index (κ3) is 5.31. The monoisotopic (exact) mass is 513 g/mol. The fourth-order valence-corrected chi connectivity index (χ4v) is 8.86. The highest BCUT2D eigenvalue weighted by atomic mass is 16.5.